The van der Waals surface area contributed by atoms with Crippen LogP contribution in [0.15, 0.2) is 5.16 Å². The molecule has 3 N–H and O–H groups in total. The fourth-order valence-electron chi connectivity index (χ4n) is 0.386. The Morgan fingerprint density at radius 3 is 2.30 bits per heavy atom. The minimum atomic E-state index is -1.11. The summed E-state index contributed by atoms with van der Waals surface area (Å²) in [5, 5.41) is 25.8. The Kier molecular flexibility index (Phi) is 3.10. The van der Waals surface area contributed by atoms with Crippen LogP contribution < -0.4 is 0 Å². The first kappa shape index (κ1) is 8.61. The van der Waals surface area contributed by atoms with E-state index in [0.29, 0.717) is 0 Å². The number of nitrogens with zero attached hydrogens (tertiary/aromatic N) is 1. The minimum Gasteiger partial charge on any atom is -0.481 e. The van der Waals surface area contributed by atoms with E-state index >= 15 is 0 Å². The van der Waals surface area contributed by atoms with Crippen molar-refractivity contribution in [3.8, 4) is 0 Å². The quantitative estimate of drug-likeness (QED) is 0.302. The molecule has 0 bridgehead atoms. The summed E-state index contributed by atoms with van der Waals surface area (Å²) in [6, 6.07) is 0. The van der Waals surface area contributed by atoms with Crippen LogP contribution >= 0.6 is 0 Å². The molecule has 0 aliphatic carbocycles. The fourth-order valence-corrected chi connectivity index (χ4v) is 0.386. The van der Waals surface area contributed by atoms with E-state index < -0.39 is 12.4 Å². The largest absolute Gasteiger partial charge is 0.481 e. The standard InChI is InChI=1S/C5H8N2O3/c1-3(6)4(7-10)2-5(8)9/h6,10H,2H2,1H3,(H,8,9)/b6-3?,7-4-. The molecule has 0 saturated carbocycles. The Morgan fingerprint density at radius 1 is 1.70 bits per heavy atom. The van der Waals surface area contributed by atoms with Gasteiger partial charge in [-0.05, 0) is 6.92 Å². The maximum Gasteiger partial charge on any atom is 0.309 e. The monoisotopic (exact) mass is 144 g/mol. The van der Waals surface area contributed by atoms with Crippen molar-refractivity contribution in [3.05, 3.63) is 0 Å². The van der Waals surface area contributed by atoms with E-state index in [2.05, 4.69) is 5.16 Å². The van der Waals surface area contributed by atoms with E-state index in [0.717, 1.165) is 0 Å². The molecule has 0 saturated heterocycles. The summed E-state index contributed by atoms with van der Waals surface area (Å²) >= 11 is 0. The Balaban J connectivity index is 4.12. The highest BCUT2D eigenvalue weighted by Crippen LogP contribution is 1.88. The lowest BCUT2D eigenvalue weighted by atomic mass is 10.2. The summed E-state index contributed by atoms with van der Waals surface area (Å²) in [7, 11) is 0. The molecule has 0 aliphatic rings. The molecule has 10 heavy (non-hydrogen) atoms. The van der Waals surface area contributed by atoms with Crippen LogP contribution in [0.2, 0.25) is 0 Å². The highest BCUT2D eigenvalue weighted by Gasteiger charge is 2.07. The van der Waals surface area contributed by atoms with Crippen molar-refractivity contribution >= 4 is 17.4 Å². The van der Waals surface area contributed by atoms with Crippen molar-refractivity contribution in [2.24, 2.45) is 5.16 Å². The number of carboxylic acid groups (broad SMARTS) is 1. The molecule has 0 radical (unpaired) electrons. The third-order valence-corrected chi connectivity index (χ3v) is 0.872. The highest BCUT2D eigenvalue weighted by molar-refractivity contribution is 6.42. The van der Waals surface area contributed by atoms with Crippen molar-refractivity contribution in [3.63, 3.8) is 0 Å². The second kappa shape index (κ2) is 3.60. The first-order chi connectivity index (χ1) is 4.57. The summed E-state index contributed by atoms with van der Waals surface area (Å²) in [5.41, 5.74) is -0.155. The number of carboxylic acids is 1. The van der Waals surface area contributed by atoms with Crippen molar-refractivity contribution in [1.82, 2.24) is 0 Å². The number of carbonyl (C=O) groups is 1. The smallest absolute Gasteiger partial charge is 0.309 e. The Hall–Kier alpha value is -1.39. The van der Waals surface area contributed by atoms with Crippen molar-refractivity contribution in [2.75, 3.05) is 0 Å². The number of nitrogens with one attached hydrogen (secondary N) is 1. The van der Waals surface area contributed by atoms with E-state index in [9.17, 15) is 4.79 Å². The predicted molar refractivity (Wildman–Crippen MR) is 34.9 cm³/mol. The number of rotatable bonds is 3. The van der Waals surface area contributed by atoms with Gasteiger partial charge in [0, 0.05) is 0 Å². The molecule has 0 fully saturated rings. The molecule has 5 nitrogen and oxygen atoms in total. The molecule has 0 unspecified atom stereocenters. The van der Waals surface area contributed by atoms with Gasteiger partial charge in [0.2, 0.25) is 0 Å². The van der Waals surface area contributed by atoms with Crippen LogP contribution in [-0.4, -0.2) is 27.7 Å². The zero-order valence-corrected chi connectivity index (χ0v) is 5.46. The predicted octanol–water partition coefficient (Wildman–Crippen LogP) is 0.331. The molecule has 0 atom stereocenters. The number of aliphatic carboxylic acids is 1. The number of hydrogen-bond donors (Lipinski definition) is 3. The zero-order valence-electron chi connectivity index (χ0n) is 5.46. The maximum absolute atomic E-state index is 9.98. The van der Waals surface area contributed by atoms with E-state index in [1.165, 1.54) is 6.92 Å². The second-order valence-corrected chi connectivity index (χ2v) is 1.74. The van der Waals surface area contributed by atoms with Gasteiger partial charge in [0.1, 0.15) is 5.71 Å². The molecule has 0 spiro atoms. The molecule has 0 rings (SSSR count). The minimum absolute atomic E-state index is 0.0371. The van der Waals surface area contributed by atoms with Gasteiger partial charge in [-0.15, -0.1) is 0 Å². The van der Waals surface area contributed by atoms with Gasteiger partial charge in [0.25, 0.3) is 0 Å². The molecule has 5 heteroatoms. The second-order valence-electron chi connectivity index (χ2n) is 1.74. The van der Waals surface area contributed by atoms with Crippen LogP contribution in [0.4, 0.5) is 0 Å². The molecule has 0 aromatic rings. The van der Waals surface area contributed by atoms with Crippen LogP contribution in [0.1, 0.15) is 13.3 Å². The first-order valence-corrected chi connectivity index (χ1v) is 2.56. The maximum atomic E-state index is 9.98. The SMILES string of the molecule is CC(=N)/C(CC(=O)O)=N\O. The number of hydrogen-bond acceptors (Lipinski definition) is 4. The van der Waals surface area contributed by atoms with E-state index in [-0.39, 0.29) is 11.4 Å². The molecule has 0 heterocycles. The normalized spacial score (nSPS) is 11.1. The Labute approximate surface area is 57.5 Å². The van der Waals surface area contributed by atoms with E-state index in [4.69, 9.17) is 15.7 Å². The van der Waals surface area contributed by atoms with Crippen molar-refractivity contribution in [1.29, 1.82) is 5.41 Å². The summed E-state index contributed by atoms with van der Waals surface area (Å²) < 4.78 is 0. The van der Waals surface area contributed by atoms with Crippen LogP contribution in [-0.2, 0) is 4.79 Å². The molecule has 0 aromatic carbocycles. The lowest BCUT2D eigenvalue weighted by Crippen LogP contribution is -2.14. The molecule has 56 valence electrons. The van der Waals surface area contributed by atoms with Crippen LogP contribution in [0.5, 0.6) is 0 Å². The third-order valence-electron chi connectivity index (χ3n) is 0.872. The molecule has 0 aromatic heterocycles. The highest BCUT2D eigenvalue weighted by atomic mass is 16.4. The van der Waals surface area contributed by atoms with Gasteiger partial charge in [-0.2, -0.15) is 0 Å². The van der Waals surface area contributed by atoms with E-state index in [1.807, 2.05) is 0 Å². The molecular formula is C5H8N2O3. The average molecular weight is 144 g/mol. The fraction of sp³-hybridized carbons (Fsp3) is 0.400. The van der Waals surface area contributed by atoms with Crippen LogP contribution in [0.25, 0.3) is 0 Å². The summed E-state index contributed by atoms with van der Waals surface area (Å²) in [6.07, 6.45) is -0.411. The zero-order chi connectivity index (χ0) is 8.15. The Bertz CT molecular complexity index is 185. The first-order valence-electron chi connectivity index (χ1n) is 2.56. The van der Waals surface area contributed by atoms with Crippen molar-refractivity contribution in [2.45, 2.75) is 13.3 Å². The van der Waals surface area contributed by atoms with Gasteiger partial charge in [-0.3, -0.25) is 4.79 Å². The van der Waals surface area contributed by atoms with E-state index in [1.54, 1.807) is 0 Å². The van der Waals surface area contributed by atoms with Gasteiger partial charge in [-0.25, -0.2) is 0 Å². The van der Waals surface area contributed by atoms with Gasteiger partial charge < -0.3 is 15.7 Å². The summed E-state index contributed by atoms with van der Waals surface area (Å²) in [6.45, 7) is 1.36. The number of oxime groups is 1. The molecule has 0 amide bonds. The van der Waals surface area contributed by atoms with Gasteiger partial charge >= 0.3 is 5.97 Å². The van der Waals surface area contributed by atoms with Gasteiger partial charge in [-0.1, -0.05) is 5.16 Å². The summed E-state index contributed by atoms with van der Waals surface area (Å²) in [4.78, 5) is 9.98. The van der Waals surface area contributed by atoms with Crippen molar-refractivity contribution < 1.29 is 15.1 Å². The van der Waals surface area contributed by atoms with Gasteiger partial charge in [0.15, 0.2) is 0 Å². The molecule has 0 aliphatic heterocycles. The van der Waals surface area contributed by atoms with Crippen LogP contribution in [0, 0.1) is 5.41 Å². The summed E-state index contributed by atoms with van der Waals surface area (Å²) in [5.74, 6) is -1.11. The Morgan fingerprint density at radius 2 is 2.20 bits per heavy atom. The molecular weight excluding hydrogens is 136 g/mol. The lowest BCUT2D eigenvalue weighted by molar-refractivity contribution is -0.135. The van der Waals surface area contributed by atoms with Gasteiger partial charge in [0.05, 0.1) is 12.1 Å². The topological polar surface area (TPSA) is 93.7 Å². The third kappa shape index (κ3) is 2.81. The average Bonchev–Trinajstić information content (AvgIpc) is 1.81. The lowest BCUT2D eigenvalue weighted by Gasteiger charge is -1.95. The van der Waals surface area contributed by atoms with Crippen LogP contribution in [0.3, 0.4) is 0 Å².